The van der Waals surface area contributed by atoms with E-state index in [-0.39, 0.29) is 22.2 Å². The third kappa shape index (κ3) is 2.56. The molecule has 3 aromatic rings. The lowest BCUT2D eigenvalue weighted by Gasteiger charge is -2.09. The molecule has 0 saturated carbocycles. The number of benzene rings is 2. The minimum absolute atomic E-state index is 0.112. The van der Waals surface area contributed by atoms with E-state index in [2.05, 4.69) is 4.98 Å². The molecule has 0 amide bonds. The highest BCUT2D eigenvalue weighted by atomic mass is 19.1. The van der Waals surface area contributed by atoms with Crippen LogP contribution < -0.4 is 0 Å². The number of H-pyrrole nitrogens is 1. The number of halogens is 3. The van der Waals surface area contributed by atoms with Gasteiger partial charge in [0.25, 0.3) is 0 Å². The lowest BCUT2D eigenvalue weighted by atomic mass is 9.94. The molecule has 2 N–H and O–H groups in total. The molecule has 0 aliphatic heterocycles. The highest BCUT2D eigenvalue weighted by Crippen LogP contribution is 2.37. The van der Waals surface area contributed by atoms with Crippen molar-refractivity contribution in [2.24, 2.45) is 0 Å². The zero-order valence-electron chi connectivity index (χ0n) is 15.7. The van der Waals surface area contributed by atoms with Gasteiger partial charge < -0.3 is 10.1 Å². The van der Waals surface area contributed by atoms with Gasteiger partial charge in [-0.1, -0.05) is 0 Å². The minimum atomic E-state index is -1.37. The van der Waals surface area contributed by atoms with Crippen LogP contribution in [0.1, 0.15) is 23.9 Å². The predicted octanol–water partition coefficient (Wildman–Crippen LogP) is 4.44. The fourth-order valence-corrected chi connectivity index (χ4v) is 2.43. The van der Waals surface area contributed by atoms with Crippen LogP contribution in [0.4, 0.5) is 13.2 Å². The van der Waals surface area contributed by atoms with Crippen LogP contribution in [-0.4, -0.2) is 16.1 Å². The number of fused-ring (bicyclic) bond motifs is 1. The van der Waals surface area contributed by atoms with E-state index >= 15 is 0 Å². The Kier molecular flexibility index (Phi) is 2.58. The molecule has 0 fully saturated rings. The summed E-state index contributed by atoms with van der Waals surface area (Å²) in [7, 11) is 0. The molecule has 0 bridgehead atoms. The van der Waals surface area contributed by atoms with E-state index in [1.165, 1.54) is 6.92 Å². The monoisotopic (exact) mass is 323 g/mol. The number of hydrogen-bond donors (Lipinski definition) is 2. The Morgan fingerprint density at radius 2 is 1.83 bits per heavy atom. The third-order valence-electron chi connectivity index (χ3n) is 3.51. The predicted molar refractivity (Wildman–Crippen MR) is 79.7 cm³/mol. The number of aromatic nitrogens is 1. The molecule has 0 aliphatic carbocycles. The number of nitrogens with one attached hydrogen (secondary N) is 1. The zero-order valence-corrected chi connectivity index (χ0v) is 11.7. The Hall–Kier alpha value is -2.76. The standard InChI is InChI=1S/C17H12F3NO2/c1-8(17(22)23)14-12-6-11(19)7-13(20)16(12)21-15(14)9-2-4-10(18)5-3-9/h2-8,21H,1H3,(H,22,23)/i2D,3D,4D,5D. The Morgan fingerprint density at radius 3 is 2.43 bits per heavy atom. The van der Waals surface area contributed by atoms with Crippen LogP contribution in [-0.2, 0) is 4.79 Å². The van der Waals surface area contributed by atoms with E-state index in [9.17, 15) is 23.1 Å². The van der Waals surface area contributed by atoms with Crippen LogP contribution in [0.2, 0.25) is 0 Å². The molecule has 1 unspecified atom stereocenters. The van der Waals surface area contributed by atoms with Gasteiger partial charge in [0.1, 0.15) is 17.5 Å². The van der Waals surface area contributed by atoms with Crippen molar-refractivity contribution in [3.8, 4) is 11.3 Å². The molecule has 0 saturated heterocycles. The van der Waals surface area contributed by atoms with E-state index in [1.54, 1.807) is 0 Å². The van der Waals surface area contributed by atoms with E-state index in [0.29, 0.717) is 6.07 Å². The fraction of sp³-hybridized carbons (Fsp3) is 0.118. The second-order valence-corrected chi connectivity index (χ2v) is 4.97. The molecular weight excluding hydrogens is 307 g/mol. The molecule has 2 aromatic carbocycles. The normalized spacial score (nSPS) is 15.0. The van der Waals surface area contributed by atoms with Crippen molar-refractivity contribution in [2.45, 2.75) is 12.8 Å². The van der Waals surface area contributed by atoms with Crippen molar-refractivity contribution in [3.05, 3.63) is 59.3 Å². The van der Waals surface area contributed by atoms with Gasteiger partial charge in [0, 0.05) is 11.5 Å². The maximum absolute atomic E-state index is 14.2. The van der Waals surface area contributed by atoms with Crippen LogP contribution in [0, 0.1) is 17.5 Å². The summed E-state index contributed by atoms with van der Waals surface area (Å²) in [6, 6.07) is -1.94. The molecule has 1 atom stereocenters. The summed E-state index contributed by atoms with van der Waals surface area (Å²) in [5.74, 6) is -5.98. The fourth-order valence-electron chi connectivity index (χ4n) is 2.43. The van der Waals surface area contributed by atoms with Crippen molar-refractivity contribution < 1.29 is 28.6 Å². The SMILES string of the molecule is [2H]c1c([2H])c(-c2[nH]c3c(F)cc(F)cc3c2C(C)C(=O)O)c([2H])c([2H])c1F. The molecule has 118 valence electrons. The molecular formula is C17H12F3NO2. The number of carboxylic acids is 1. The summed E-state index contributed by atoms with van der Waals surface area (Å²) in [5, 5.41) is 9.27. The number of carbonyl (C=O) groups is 1. The Morgan fingerprint density at radius 1 is 1.17 bits per heavy atom. The minimum Gasteiger partial charge on any atom is -0.481 e. The quantitative estimate of drug-likeness (QED) is 0.748. The first-order valence-corrected chi connectivity index (χ1v) is 6.55. The van der Waals surface area contributed by atoms with Crippen molar-refractivity contribution in [1.29, 1.82) is 0 Å². The zero-order chi connectivity index (χ0) is 20.2. The summed E-state index contributed by atoms with van der Waals surface area (Å²) in [5.41, 5.74) is -1.04. The molecule has 3 rings (SSSR count). The second-order valence-electron chi connectivity index (χ2n) is 4.97. The summed E-state index contributed by atoms with van der Waals surface area (Å²) < 4.78 is 72.9. The molecule has 23 heavy (non-hydrogen) atoms. The van der Waals surface area contributed by atoms with Crippen LogP contribution in [0.5, 0.6) is 0 Å². The Labute approximate surface area is 135 Å². The number of aromatic amines is 1. The first kappa shape index (κ1) is 10.9. The molecule has 1 heterocycles. The van der Waals surface area contributed by atoms with Gasteiger partial charge in [-0.2, -0.15) is 0 Å². The van der Waals surface area contributed by atoms with Gasteiger partial charge in [-0.3, -0.25) is 4.79 Å². The summed E-state index contributed by atoms with van der Waals surface area (Å²) in [4.78, 5) is 14.1. The maximum atomic E-state index is 14.2. The molecule has 0 aliphatic rings. The van der Waals surface area contributed by atoms with Crippen LogP contribution in [0.15, 0.2) is 36.3 Å². The van der Waals surface area contributed by atoms with Gasteiger partial charge in [-0.05, 0) is 48.3 Å². The van der Waals surface area contributed by atoms with Gasteiger partial charge in [-0.15, -0.1) is 0 Å². The Bertz CT molecular complexity index is 1080. The number of rotatable bonds is 3. The summed E-state index contributed by atoms with van der Waals surface area (Å²) in [6.07, 6.45) is 0. The van der Waals surface area contributed by atoms with E-state index in [4.69, 9.17) is 5.48 Å². The van der Waals surface area contributed by atoms with Crippen molar-refractivity contribution in [3.63, 3.8) is 0 Å². The van der Waals surface area contributed by atoms with Gasteiger partial charge >= 0.3 is 5.97 Å². The highest BCUT2D eigenvalue weighted by molar-refractivity contribution is 5.96. The van der Waals surface area contributed by atoms with Crippen LogP contribution in [0.25, 0.3) is 22.2 Å². The molecule has 6 heteroatoms. The average molecular weight is 323 g/mol. The molecule has 0 spiro atoms. The van der Waals surface area contributed by atoms with Gasteiger partial charge in [0.05, 0.1) is 22.6 Å². The van der Waals surface area contributed by atoms with Gasteiger partial charge in [0.15, 0.2) is 0 Å². The number of aliphatic carboxylic acids is 1. The van der Waals surface area contributed by atoms with Crippen molar-refractivity contribution >= 4 is 16.9 Å². The molecule has 1 aromatic heterocycles. The van der Waals surface area contributed by atoms with Gasteiger partial charge in [0.2, 0.25) is 0 Å². The van der Waals surface area contributed by atoms with Crippen molar-refractivity contribution in [2.75, 3.05) is 0 Å². The first-order valence-electron chi connectivity index (χ1n) is 8.55. The van der Waals surface area contributed by atoms with Crippen molar-refractivity contribution in [1.82, 2.24) is 4.98 Å². The van der Waals surface area contributed by atoms with Gasteiger partial charge in [-0.25, -0.2) is 13.2 Å². The molecule has 3 nitrogen and oxygen atoms in total. The summed E-state index contributed by atoms with van der Waals surface area (Å²) >= 11 is 0. The van der Waals surface area contributed by atoms with E-state index < -0.39 is 59.1 Å². The van der Waals surface area contributed by atoms with E-state index in [0.717, 1.165) is 6.07 Å². The van der Waals surface area contributed by atoms with Crippen LogP contribution in [0.3, 0.4) is 0 Å². The number of hydrogen-bond acceptors (Lipinski definition) is 1. The average Bonchev–Trinajstić information content (AvgIpc) is 2.96. The lowest BCUT2D eigenvalue weighted by Crippen LogP contribution is -2.08. The number of carboxylic acid groups (broad SMARTS) is 1. The van der Waals surface area contributed by atoms with Crippen LogP contribution >= 0.6 is 0 Å². The molecule has 0 radical (unpaired) electrons. The largest absolute Gasteiger partial charge is 0.481 e. The third-order valence-corrected chi connectivity index (χ3v) is 3.51. The smallest absolute Gasteiger partial charge is 0.310 e. The maximum Gasteiger partial charge on any atom is 0.310 e. The second kappa shape index (κ2) is 5.46. The first-order chi connectivity index (χ1) is 12.6. The van der Waals surface area contributed by atoms with E-state index in [1.807, 2.05) is 0 Å². The Balaban J connectivity index is 2.52. The highest BCUT2D eigenvalue weighted by Gasteiger charge is 2.25. The lowest BCUT2D eigenvalue weighted by molar-refractivity contribution is -0.138. The summed E-state index contributed by atoms with van der Waals surface area (Å²) in [6.45, 7) is 1.25. The topological polar surface area (TPSA) is 53.1 Å².